The van der Waals surface area contributed by atoms with Crippen LogP contribution in [0, 0.1) is 0 Å². The third-order valence-corrected chi connectivity index (χ3v) is 5.54. The van der Waals surface area contributed by atoms with E-state index in [9.17, 15) is 0 Å². The molecule has 1 aliphatic heterocycles. The summed E-state index contributed by atoms with van der Waals surface area (Å²) < 4.78 is 6.37. The Morgan fingerprint density at radius 3 is 2.90 bits per heavy atom. The van der Waals surface area contributed by atoms with E-state index >= 15 is 0 Å². The van der Waals surface area contributed by atoms with E-state index in [0.29, 0.717) is 4.75 Å². The van der Waals surface area contributed by atoms with E-state index < -0.39 is 0 Å². The summed E-state index contributed by atoms with van der Waals surface area (Å²) >= 11 is 2.10. The Kier molecular flexibility index (Phi) is 4.43. The lowest BCUT2D eigenvalue weighted by molar-refractivity contribution is 0.250. The Bertz CT molecular complexity index is 439. The third kappa shape index (κ3) is 4.27. The van der Waals surface area contributed by atoms with Gasteiger partial charge in [0.15, 0.2) is 0 Å². The standard InChI is InChI=1S/C16H26N2OS/c1-16(2)7-8-18(9-10-20-16)12-15-6-5-14(19-15)11-17-13-3-4-13/h5-6,13,17H,3-4,7-12H2,1-2H3. The van der Waals surface area contributed by atoms with E-state index in [2.05, 4.69) is 48.0 Å². The molecule has 2 fully saturated rings. The molecule has 0 amide bonds. The van der Waals surface area contributed by atoms with Crippen LogP contribution in [0.2, 0.25) is 0 Å². The molecule has 20 heavy (non-hydrogen) atoms. The molecule has 1 aromatic rings. The van der Waals surface area contributed by atoms with Crippen LogP contribution in [0.3, 0.4) is 0 Å². The predicted molar refractivity (Wildman–Crippen MR) is 85.0 cm³/mol. The fourth-order valence-electron chi connectivity index (χ4n) is 2.58. The van der Waals surface area contributed by atoms with Gasteiger partial charge < -0.3 is 9.73 Å². The summed E-state index contributed by atoms with van der Waals surface area (Å²) in [4.78, 5) is 2.53. The fraction of sp³-hybridized carbons (Fsp3) is 0.750. The molecule has 2 aliphatic rings. The highest BCUT2D eigenvalue weighted by atomic mass is 32.2. The molecule has 112 valence electrons. The largest absolute Gasteiger partial charge is 0.463 e. The van der Waals surface area contributed by atoms with Gasteiger partial charge in [-0.05, 0) is 37.9 Å². The summed E-state index contributed by atoms with van der Waals surface area (Å²) in [5.41, 5.74) is 0. The molecule has 1 saturated heterocycles. The number of nitrogens with zero attached hydrogens (tertiary/aromatic N) is 1. The smallest absolute Gasteiger partial charge is 0.118 e. The number of furan rings is 1. The molecule has 3 rings (SSSR count). The van der Waals surface area contributed by atoms with Crippen molar-refractivity contribution in [3.63, 3.8) is 0 Å². The maximum Gasteiger partial charge on any atom is 0.118 e. The van der Waals surface area contributed by atoms with Gasteiger partial charge in [0.25, 0.3) is 0 Å². The van der Waals surface area contributed by atoms with Gasteiger partial charge in [0.05, 0.1) is 13.1 Å². The summed E-state index contributed by atoms with van der Waals surface area (Å²) in [7, 11) is 0. The zero-order valence-corrected chi connectivity index (χ0v) is 13.5. The van der Waals surface area contributed by atoms with Crippen molar-refractivity contribution in [3.05, 3.63) is 23.7 Å². The second kappa shape index (κ2) is 6.12. The second-order valence-electron chi connectivity index (χ2n) is 6.66. The normalized spacial score (nSPS) is 23.7. The lowest BCUT2D eigenvalue weighted by atomic mass is 10.1. The molecule has 3 nitrogen and oxygen atoms in total. The van der Waals surface area contributed by atoms with Crippen LogP contribution in [0.25, 0.3) is 0 Å². The lowest BCUT2D eigenvalue weighted by Crippen LogP contribution is -2.26. The number of hydrogen-bond acceptors (Lipinski definition) is 4. The second-order valence-corrected chi connectivity index (χ2v) is 8.46. The van der Waals surface area contributed by atoms with Gasteiger partial charge in [-0.25, -0.2) is 0 Å². The number of hydrogen-bond donors (Lipinski definition) is 1. The highest BCUT2D eigenvalue weighted by Crippen LogP contribution is 2.31. The van der Waals surface area contributed by atoms with Crippen molar-refractivity contribution in [3.8, 4) is 0 Å². The first-order chi connectivity index (χ1) is 9.61. The Balaban J connectivity index is 1.49. The van der Waals surface area contributed by atoms with Crippen molar-refractivity contribution < 1.29 is 4.42 Å². The Labute approximate surface area is 126 Å². The minimum absolute atomic E-state index is 0.428. The summed E-state index contributed by atoms with van der Waals surface area (Å²) in [6.45, 7) is 8.90. The van der Waals surface area contributed by atoms with Gasteiger partial charge in [0, 0.05) is 23.1 Å². The Morgan fingerprint density at radius 2 is 2.10 bits per heavy atom. The van der Waals surface area contributed by atoms with Gasteiger partial charge in [-0.2, -0.15) is 11.8 Å². The minimum atomic E-state index is 0.428. The first kappa shape index (κ1) is 14.5. The van der Waals surface area contributed by atoms with Crippen LogP contribution < -0.4 is 5.32 Å². The quantitative estimate of drug-likeness (QED) is 0.902. The van der Waals surface area contributed by atoms with Crippen molar-refractivity contribution >= 4 is 11.8 Å². The summed E-state index contributed by atoms with van der Waals surface area (Å²) in [6.07, 6.45) is 3.91. The van der Waals surface area contributed by atoms with Gasteiger partial charge in [-0.3, -0.25) is 4.90 Å². The molecule has 0 bridgehead atoms. The maximum atomic E-state index is 5.95. The van der Waals surface area contributed by atoms with Crippen molar-refractivity contribution in [2.45, 2.75) is 57.0 Å². The zero-order valence-electron chi connectivity index (χ0n) is 12.7. The number of thioether (sulfide) groups is 1. The maximum absolute atomic E-state index is 5.95. The van der Waals surface area contributed by atoms with Gasteiger partial charge in [0.1, 0.15) is 11.5 Å². The molecular weight excluding hydrogens is 268 g/mol. The van der Waals surface area contributed by atoms with Crippen molar-refractivity contribution in [1.82, 2.24) is 10.2 Å². The molecular formula is C16H26N2OS. The van der Waals surface area contributed by atoms with Crippen molar-refractivity contribution in [2.24, 2.45) is 0 Å². The molecule has 1 saturated carbocycles. The highest BCUT2D eigenvalue weighted by Gasteiger charge is 2.24. The molecule has 0 spiro atoms. The van der Waals surface area contributed by atoms with E-state index in [0.717, 1.165) is 30.7 Å². The minimum Gasteiger partial charge on any atom is -0.463 e. The van der Waals surface area contributed by atoms with Gasteiger partial charge in [-0.15, -0.1) is 0 Å². The van der Waals surface area contributed by atoms with E-state index in [-0.39, 0.29) is 0 Å². The van der Waals surface area contributed by atoms with Gasteiger partial charge in [0.2, 0.25) is 0 Å². The van der Waals surface area contributed by atoms with E-state index in [1.165, 1.54) is 38.1 Å². The molecule has 2 heterocycles. The molecule has 0 radical (unpaired) electrons. The molecule has 0 atom stereocenters. The van der Waals surface area contributed by atoms with Crippen LogP contribution >= 0.6 is 11.8 Å². The van der Waals surface area contributed by atoms with Crippen molar-refractivity contribution in [2.75, 3.05) is 18.8 Å². The summed E-state index contributed by atoms with van der Waals surface area (Å²) in [6, 6.07) is 5.02. The number of nitrogens with one attached hydrogen (secondary N) is 1. The van der Waals surface area contributed by atoms with Crippen LogP contribution in [0.4, 0.5) is 0 Å². The van der Waals surface area contributed by atoms with E-state index in [1.54, 1.807) is 0 Å². The van der Waals surface area contributed by atoms with Crippen LogP contribution in [0.1, 0.15) is 44.6 Å². The third-order valence-electron chi connectivity index (χ3n) is 4.17. The highest BCUT2D eigenvalue weighted by molar-refractivity contribution is 8.00. The van der Waals surface area contributed by atoms with Crippen LogP contribution in [-0.4, -0.2) is 34.5 Å². The zero-order chi connectivity index (χ0) is 14.0. The monoisotopic (exact) mass is 294 g/mol. The Morgan fingerprint density at radius 1 is 1.30 bits per heavy atom. The van der Waals surface area contributed by atoms with Crippen molar-refractivity contribution in [1.29, 1.82) is 0 Å². The Hall–Kier alpha value is -0.450. The van der Waals surface area contributed by atoms with Gasteiger partial charge >= 0.3 is 0 Å². The van der Waals surface area contributed by atoms with Crippen LogP contribution in [-0.2, 0) is 13.1 Å². The molecule has 0 unspecified atom stereocenters. The van der Waals surface area contributed by atoms with Gasteiger partial charge in [-0.1, -0.05) is 13.8 Å². The lowest BCUT2D eigenvalue weighted by Gasteiger charge is -2.22. The van der Waals surface area contributed by atoms with Crippen LogP contribution in [0.15, 0.2) is 16.5 Å². The molecule has 4 heteroatoms. The predicted octanol–water partition coefficient (Wildman–Crippen LogP) is 3.25. The molecule has 1 N–H and O–H groups in total. The first-order valence-electron chi connectivity index (χ1n) is 7.78. The SMILES string of the molecule is CC1(C)CCN(Cc2ccc(CNC3CC3)o2)CCS1. The molecule has 1 aliphatic carbocycles. The van der Waals surface area contributed by atoms with Crippen LogP contribution in [0.5, 0.6) is 0 Å². The van der Waals surface area contributed by atoms with E-state index in [4.69, 9.17) is 4.42 Å². The topological polar surface area (TPSA) is 28.4 Å². The summed E-state index contributed by atoms with van der Waals surface area (Å²) in [5, 5.41) is 3.50. The average molecular weight is 294 g/mol. The first-order valence-corrected chi connectivity index (χ1v) is 8.77. The average Bonchev–Trinajstić information content (AvgIpc) is 3.15. The number of rotatable bonds is 5. The molecule has 0 aromatic carbocycles. The summed E-state index contributed by atoms with van der Waals surface area (Å²) in [5.74, 6) is 3.42. The fourth-order valence-corrected chi connectivity index (χ4v) is 3.71. The van der Waals surface area contributed by atoms with E-state index in [1.807, 2.05) is 0 Å². The molecule has 1 aromatic heterocycles.